The van der Waals surface area contributed by atoms with Crippen LogP contribution in [0.2, 0.25) is 0 Å². The summed E-state index contributed by atoms with van der Waals surface area (Å²) in [6.45, 7) is 2.46. The number of aryl methyl sites for hydroxylation is 1. The van der Waals surface area contributed by atoms with Gasteiger partial charge in [0.15, 0.2) is 0 Å². The van der Waals surface area contributed by atoms with Crippen molar-refractivity contribution in [1.82, 2.24) is 10.3 Å². The van der Waals surface area contributed by atoms with Crippen LogP contribution in [0.3, 0.4) is 0 Å². The van der Waals surface area contributed by atoms with Crippen molar-refractivity contribution in [2.45, 2.75) is 19.8 Å². The number of primary amides is 1. The Kier molecular flexibility index (Phi) is 5.64. The highest BCUT2D eigenvalue weighted by atomic mass is 32.1. The van der Waals surface area contributed by atoms with E-state index in [1.165, 1.54) is 12.1 Å². The number of carbonyl (C=O) groups excluding carboxylic acids is 2. The van der Waals surface area contributed by atoms with Crippen LogP contribution in [0.1, 0.15) is 28.0 Å². The molecule has 23 heavy (non-hydrogen) atoms. The minimum Gasteiger partial charge on any atom is -0.366 e. The number of urea groups is 1. The molecule has 1 aromatic carbocycles. The molecule has 0 saturated heterocycles. The topological polar surface area (TPSA) is 97.1 Å². The van der Waals surface area contributed by atoms with Gasteiger partial charge >= 0.3 is 6.03 Å². The number of nitrogens with one attached hydrogen (secondary N) is 2. The fourth-order valence-corrected chi connectivity index (χ4v) is 2.68. The van der Waals surface area contributed by atoms with Gasteiger partial charge < -0.3 is 16.4 Å². The van der Waals surface area contributed by atoms with E-state index < -0.39 is 17.8 Å². The minimum absolute atomic E-state index is 0.266. The maximum Gasteiger partial charge on any atom is 0.319 e. The molecule has 1 aromatic heterocycles. The Morgan fingerprint density at radius 3 is 2.83 bits per heavy atom. The highest BCUT2D eigenvalue weighted by molar-refractivity contribution is 7.09. The third-order valence-electron chi connectivity index (χ3n) is 3.06. The third-order valence-corrected chi connectivity index (χ3v) is 4.10. The van der Waals surface area contributed by atoms with E-state index in [0.717, 1.165) is 23.2 Å². The van der Waals surface area contributed by atoms with Gasteiger partial charge in [-0.25, -0.2) is 14.2 Å². The highest BCUT2D eigenvalue weighted by Crippen LogP contribution is 2.14. The van der Waals surface area contributed by atoms with Crippen molar-refractivity contribution in [2.24, 2.45) is 5.73 Å². The molecule has 4 N–H and O–H groups in total. The zero-order valence-electron chi connectivity index (χ0n) is 12.6. The molecule has 0 aliphatic heterocycles. The first-order valence-corrected chi connectivity index (χ1v) is 7.95. The number of nitrogens with two attached hydrogens (primary N) is 1. The predicted molar refractivity (Wildman–Crippen MR) is 87.1 cm³/mol. The van der Waals surface area contributed by atoms with Crippen LogP contribution in [0.5, 0.6) is 0 Å². The van der Waals surface area contributed by atoms with E-state index >= 15 is 0 Å². The number of hydrogen-bond acceptors (Lipinski definition) is 4. The van der Waals surface area contributed by atoms with Crippen LogP contribution in [0.15, 0.2) is 23.6 Å². The average molecular weight is 336 g/mol. The number of amides is 3. The fraction of sp³-hybridized carbons (Fsp3) is 0.267. The van der Waals surface area contributed by atoms with Crippen LogP contribution < -0.4 is 16.4 Å². The standard InChI is InChI=1S/C15H17FN4O2S/c1-2-13-19-10(8-23-13)5-6-18-15(22)20-9-3-4-12(16)11(7-9)14(17)21/h3-4,7-8H,2,5-6H2,1H3,(H2,17,21)(H2,18,20,22). The molecular weight excluding hydrogens is 319 g/mol. The summed E-state index contributed by atoms with van der Waals surface area (Å²) < 4.78 is 13.3. The largest absolute Gasteiger partial charge is 0.366 e. The number of benzene rings is 1. The van der Waals surface area contributed by atoms with Crippen molar-refractivity contribution in [2.75, 3.05) is 11.9 Å². The third kappa shape index (κ3) is 4.75. The van der Waals surface area contributed by atoms with Gasteiger partial charge in [-0.3, -0.25) is 4.79 Å². The molecule has 2 aromatic rings. The average Bonchev–Trinajstić information content (AvgIpc) is 2.97. The first kappa shape index (κ1) is 16.9. The molecule has 0 atom stereocenters. The Morgan fingerprint density at radius 1 is 1.39 bits per heavy atom. The summed E-state index contributed by atoms with van der Waals surface area (Å²) in [4.78, 5) is 27.2. The number of halogens is 1. The molecule has 0 aliphatic rings. The van der Waals surface area contributed by atoms with E-state index in [-0.39, 0.29) is 5.56 Å². The molecule has 0 aliphatic carbocycles. The lowest BCUT2D eigenvalue weighted by atomic mass is 10.2. The van der Waals surface area contributed by atoms with Crippen molar-refractivity contribution in [1.29, 1.82) is 0 Å². The van der Waals surface area contributed by atoms with E-state index in [4.69, 9.17) is 5.73 Å². The molecular formula is C15H17FN4O2S. The zero-order chi connectivity index (χ0) is 16.8. The lowest BCUT2D eigenvalue weighted by Gasteiger charge is -2.08. The molecule has 0 bridgehead atoms. The van der Waals surface area contributed by atoms with Crippen molar-refractivity contribution >= 4 is 29.0 Å². The SMILES string of the molecule is CCc1nc(CCNC(=O)Nc2ccc(F)c(C(N)=O)c2)cs1. The Bertz CT molecular complexity index is 717. The molecule has 122 valence electrons. The van der Waals surface area contributed by atoms with E-state index in [2.05, 4.69) is 15.6 Å². The Balaban J connectivity index is 1.85. The fourth-order valence-electron chi connectivity index (χ4n) is 1.90. The molecule has 0 spiro atoms. The van der Waals surface area contributed by atoms with Crippen LogP contribution in [0.4, 0.5) is 14.9 Å². The summed E-state index contributed by atoms with van der Waals surface area (Å²) in [5.41, 5.74) is 6.02. The monoisotopic (exact) mass is 336 g/mol. The lowest BCUT2D eigenvalue weighted by molar-refractivity contribution is 0.0996. The predicted octanol–water partition coefficient (Wildman–Crippen LogP) is 2.31. The van der Waals surface area contributed by atoms with E-state index in [1.807, 2.05) is 12.3 Å². The van der Waals surface area contributed by atoms with E-state index in [9.17, 15) is 14.0 Å². The van der Waals surface area contributed by atoms with Crippen molar-refractivity contribution < 1.29 is 14.0 Å². The van der Waals surface area contributed by atoms with Crippen LogP contribution in [-0.4, -0.2) is 23.5 Å². The minimum atomic E-state index is -0.887. The Hall–Kier alpha value is -2.48. The number of anilines is 1. The quantitative estimate of drug-likeness (QED) is 0.755. The van der Waals surface area contributed by atoms with Gasteiger partial charge in [0.25, 0.3) is 5.91 Å². The summed E-state index contributed by atoms with van der Waals surface area (Å²) in [5.74, 6) is -1.61. The highest BCUT2D eigenvalue weighted by Gasteiger charge is 2.10. The number of thiazole rings is 1. The molecule has 6 nitrogen and oxygen atoms in total. The van der Waals surface area contributed by atoms with Crippen LogP contribution in [0.25, 0.3) is 0 Å². The van der Waals surface area contributed by atoms with Gasteiger partial charge in [0.2, 0.25) is 0 Å². The summed E-state index contributed by atoms with van der Waals surface area (Å²) in [6.07, 6.45) is 1.52. The summed E-state index contributed by atoms with van der Waals surface area (Å²) in [6, 6.07) is 3.19. The Labute approximate surface area is 136 Å². The van der Waals surface area contributed by atoms with Crippen LogP contribution in [0, 0.1) is 5.82 Å². The zero-order valence-corrected chi connectivity index (χ0v) is 13.4. The van der Waals surface area contributed by atoms with Crippen molar-refractivity contribution in [3.8, 4) is 0 Å². The van der Waals surface area contributed by atoms with Crippen LogP contribution in [-0.2, 0) is 12.8 Å². The van der Waals surface area contributed by atoms with Gasteiger partial charge in [-0.15, -0.1) is 11.3 Å². The molecule has 0 saturated carbocycles. The van der Waals surface area contributed by atoms with E-state index in [0.29, 0.717) is 18.7 Å². The first-order valence-electron chi connectivity index (χ1n) is 7.07. The number of carbonyl (C=O) groups is 2. The van der Waals surface area contributed by atoms with Gasteiger partial charge in [0.05, 0.1) is 16.3 Å². The summed E-state index contributed by atoms with van der Waals surface area (Å²) >= 11 is 1.60. The number of aromatic nitrogens is 1. The summed E-state index contributed by atoms with van der Waals surface area (Å²) in [5, 5.41) is 8.23. The maximum absolute atomic E-state index is 13.3. The van der Waals surface area contributed by atoms with Gasteiger partial charge in [-0.1, -0.05) is 6.92 Å². The van der Waals surface area contributed by atoms with Gasteiger partial charge in [0, 0.05) is 24.0 Å². The summed E-state index contributed by atoms with van der Waals surface area (Å²) in [7, 11) is 0. The number of rotatable bonds is 6. The van der Waals surface area contributed by atoms with E-state index in [1.54, 1.807) is 11.3 Å². The lowest BCUT2D eigenvalue weighted by Crippen LogP contribution is -2.30. The normalized spacial score (nSPS) is 10.3. The van der Waals surface area contributed by atoms with Crippen molar-refractivity contribution in [3.63, 3.8) is 0 Å². The molecule has 8 heteroatoms. The molecule has 3 amide bonds. The Morgan fingerprint density at radius 2 is 2.17 bits per heavy atom. The molecule has 0 radical (unpaired) electrons. The molecule has 0 unspecified atom stereocenters. The second-order valence-electron chi connectivity index (χ2n) is 4.78. The molecule has 2 rings (SSSR count). The van der Waals surface area contributed by atoms with Gasteiger partial charge in [-0.2, -0.15) is 0 Å². The smallest absolute Gasteiger partial charge is 0.319 e. The maximum atomic E-state index is 13.3. The molecule has 0 fully saturated rings. The molecule has 1 heterocycles. The van der Waals surface area contributed by atoms with Crippen molar-refractivity contribution in [3.05, 3.63) is 45.7 Å². The number of hydrogen-bond donors (Lipinski definition) is 3. The van der Waals surface area contributed by atoms with Crippen LogP contribution >= 0.6 is 11.3 Å². The first-order chi connectivity index (χ1) is 11.0. The second kappa shape index (κ2) is 7.68. The number of nitrogens with zero attached hydrogens (tertiary/aromatic N) is 1. The second-order valence-corrected chi connectivity index (χ2v) is 5.72. The van der Waals surface area contributed by atoms with Gasteiger partial charge in [0.1, 0.15) is 5.82 Å². The van der Waals surface area contributed by atoms with Gasteiger partial charge in [-0.05, 0) is 24.6 Å².